The van der Waals surface area contributed by atoms with Crippen LogP contribution in [0.2, 0.25) is 0 Å². The number of ether oxygens (including phenoxy) is 1. The van der Waals surface area contributed by atoms with E-state index < -0.39 is 15.6 Å². The SMILES string of the molecule is COCCC(C)(O)CNC(=O)C1CCN(S(C)(=O)=O)CC1. The summed E-state index contributed by atoms with van der Waals surface area (Å²) in [7, 11) is -1.61. The van der Waals surface area contributed by atoms with Crippen molar-refractivity contribution >= 4 is 15.9 Å². The molecule has 0 bridgehead atoms. The van der Waals surface area contributed by atoms with Crippen LogP contribution < -0.4 is 5.32 Å². The quantitative estimate of drug-likeness (QED) is 0.662. The van der Waals surface area contributed by atoms with Gasteiger partial charge in [-0.1, -0.05) is 0 Å². The van der Waals surface area contributed by atoms with Crippen LogP contribution in [0.4, 0.5) is 0 Å². The van der Waals surface area contributed by atoms with E-state index in [0.717, 1.165) is 0 Å². The number of carbonyl (C=O) groups is 1. The topological polar surface area (TPSA) is 95.9 Å². The predicted molar refractivity (Wildman–Crippen MR) is 79.3 cm³/mol. The van der Waals surface area contributed by atoms with Gasteiger partial charge in [0.2, 0.25) is 15.9 Å². The van der Waals surface area contributed by atoms with Gasteiger partial charge in [-0.3, -0.25) is 4.79 Å². The molecule has 21 heavy (non-hydrogen) atoms. The normalized spacial score (nSPS) is 21.0. The summed E-state index contributed by atoms with van der Waals surface area (Å²) in [5, 5.41) is 12.8. The Hall–Kier alpha value is -0.700. The summed E-state index contributed by atoms with van der Waals surface area (Å²) in [5.41, 5.74) is -1.00. The van der Waals surface area contributed by atoms with Crippen LogP contribution in [0.5, 0.6) is 0 Å². The van der Waals surface area contributed by atoms with Crippen molar-refractivity contribution in [1.82, 2.24) is 9.62 Å². The zero-order valence-corrected chi connectivity index (χ0v) is 13.8. The third kappa shape index (κ3) is 6.29. The van der Waals surface area contributed by atoms with Crippen LogP contribution in [0.1, 0.15) is 26.2 Å². The Morgan fingerprint density at radius 2 is 2.00 bits per heavy atom. The molecule has 1 aliphatic heterocycles. The molecule has 1 rings (SSSR count). The molecule has 0 radical (unpaired) electrons. The first-order chi connectivity index (χ1) is 9.65. The van der Waals surface area contributed by atoms with Crippen molar-refractivity contribution in [2.75, 3.05) is 39.6 Å². The Kier molecular flexibility index (Phi) is 6.58. The molecule has 1 amide bonds. The first kappa shape index (κ1) is 18.3. The van der Waals surface area contributed by atoms with E-state index in [9.17, 15) is 18.3 Å². The first-order valence-electron chi connectivity index (χ1n) is 7.10. The first-order valence-corrected chi connectivity index (χ1v) is 8.95. The molecule has 1 fully saturated rings. The minimum atomic E-state index is -3.17. The molecular formula is C13H26N2O5S. The molecule has 2 N–H and O–H groups in total. The second-order valence-corrected chi connectivity index (χ2v) is 7.88. The van der Waals surface area contributed by atoms with Gasteiger partial charge in [-0.15, -0.1) is 0 Å². The van der Waals surface area contributed by atoms with Crippen molar-refractivity contribution in [1.29, 1.82) is 0 Å². The number of amides is 1. The Bertz CT molecular complexity index is 441. The van der Waals surface area contributed by atoms with Crippen LogP contribution in [-0.4, -0.2) is 68.9 Å². The van der Waals surface area contributed by atoms with Gasteiger partial charge >= 0.3 is 0 Å². The number of hydrogen-bond donors (Lipinski definition) is 2. The summed E-state index contributed by atoms with van der Waals surface area (Å²) >= 11 is 0. The number of aliphatic hydroxyl groups is 1. The molecule has 1 atom stereocenters. The maximum atomic E-state index is 12.1. The molecule has 0 aromatic heterocycles. The summed E-state index contributed by atoms with van der Waals surface area (Å²) in [6, 6.07) is 0. The van der Waals surface area contributed by atoms with Crippen molar-refractivity contribution in [3.63, 3.8) is 0 Å². The molecule has 1 saturated heterocycles. The van der Waals surface area contributed by atoms with Crippen molar-refractivity contribution < 1.29 is 23.1 Å². The Morgan fingerprint density at radius 1 is 1.43 bits per heavy atom. The fraction of sp³-hybridized carbons (Fsp3) is 0.923. The number of hydrogen-bond acceptors (Lipinski definition) is 5. The number of carbonyl (C=O) groups excluding carboxylic acids is 1. The fourth-order valence-corrected chi connectivity index (χ4v) is 3.16. The van der Waals surface area contributed by atoms with Gasteiger partial charge in [0.25, 0.3) is 0 Å². The van der Waals surface area contributed by atoms with Crippen molar-refractivity contribution in [2.24, 2.45) is 5.92 Å². The van der Waals surface area contributed by atoms with Gasteiger partial charge < -0.3 is 15.2 Å². The second kappa shape index (κ2) is 7.53. The van der Waals surface area contributed by atoms with E-state index in [0.29, 0.717) is 39.0 Å². The van der Waals surface area contributed by atoms with Gasteiger partial charge in [0.05, 0.1) is 11.9 Å². The average Bonchev–Trinajstić information content (AvgIpc) is 2.42. The highest BCUT2D eigenvalue weighted by atomic mass is 32.2. The highest BCUT2D eigenvalue weighted by molar-refractivity contribution is 7.88. The summed E-state index contributed by atoms with van der Waals surface area (Å²) in [6.45, 7) is 2.99. The molecule has 124 valence electrons. The van der Waals surface area contributed by atoms with E-state index in [1.807, 2.05) is 0 Å². The Balaban J connectivity index is 2.38. The highest BCUT2D eigenvalue weighted by Gasteiger charge is 2.30. The van der Waals surface area contributed by atoms with E-state index in [-0.39, 0.29) is 18.4 Å². The number of piperidine rings is 1. The lowest BCUT2D eigenvalue weighted by Crippen LogP contribution is -2.46. The van der Waals surface area contributed by atoms with E-state index >= 15 is 0 Å². The fourth-order valence-electron chi connectivity index (χ4n) is 2.28. The highest BCUT2D eigenvalue weighted by Crippen LogP contribution is 2.19. The van der Waals surface area contributed by atoms with Crippen LogP contribution >= 0.6 is 0 Å². The second-order valence-electron chi connectivity index (χ2n) is 5.89. The number of rotatable bonds is 7. The van der Waals surface area contributed by atoms with Crippen LogP contribution in [0.3, 0.4) is 0 Å². The molecule has 8 heteroatoms. The lowest BCUT2D eigenvalue weighted by molar-refractivity contribution is -0.127. The lowest BCUT2D eigenvalue weighted by Gasteiger charge is -2.30. The molecule has 0 aliphatic carbocycles. The molecule has 0 aromatic carbocycles. The maximum Gasteiger partial charge on any atom is 0.223 e. The number of methoxy groups -OCH3 is 1. The van der Waals surface area contributed by atoms with E-state index in [1.165, 1.54) is 10.6 Å². The van der Waals surface area contributed by atoms with Gasteiger partial charge in [0.15, 0.2) is 0 Å². The van der Waals surface area contributed by atoms with Crippen molar-refractivity contribution in [3.8, 4) is 0 Å². The monoisotopic (exact) mass is 322 g/mol. The molecule has 7 nitrogen and oxygen atoms in total. The Labute approximate surface area is 126 Å². The van der Waals surface area contributed by atoms with Gasteiger partial charge in [-0.25, -0.2) is 12.7 Å². The molecular weight excluding hydrogens is 296 g/mol. The summed E-state index contributed by atoms with van der Waals surface area (Å²) in [5.74, 6) is -0.318. The van der Waals surface area contributed by atoms with Crippen molar-refractivity contribution in [2.45, 2.75) is 31.8 Å². The summed E-state index contributed by atoms with van der Waals surface area (Å²) in [4.78, 5) is 12.1. The van der Waals surface area contributed by atoms with Crippen LogP contribution in [0.15, 0.2) is 0 Å². The lowest BCUT2D eigenvalue weighted by atomic mass is 9.96. The number of nitrogens with zero attached hydrogens (tertiary/aromatic N) is 1. The Morgan fingerprint density at radius 3 is 2.48 bits per heavy atom. The molecule has 0 saturated carbocycles. The third-order valence-corrected chi connectivity index (χ3v) is 5.09. The number of nitrogens with one attached hydrogen (secondary N) is 1. The van der Waals surface area contributed by atoms with Crippen LogP contribution in [0, 0.1) is 5.92 Å². The van der Waals surface area contributed by atoms with E-state index in [2.05, 4.69) is 5.32 Å². The van der Waals surface area contributed by atoms with Gasteiger partial charge in [-0.05, 0) is 19.8 Å². The smallest absolute Gasteiger partial charge is 0.223 e. The average molecular weight is 322 g/mol. The van der Waals surface area contributed by atoms with E-state index in [4.69, 9.17) is 4.74 Å². The van der Waals surface area contributed by atoms with Gasteiger partial charge in [0, 0.05) is 45.7 Å². The zero-order chi connectivity index (χ0) is 16.1. The predicted octanol–water partition coefficient (Wildman–Crippen LogP) is -0.438. The van der Waals surface area contributed by atoms with Gasteiger partial charge in [-0.2, -0.15) is 0 Å². The molecule has 0 spiro atoms. The van der Waals surface area contributed by atoms with Crippen molar-refractivity contribution in [3.05, 3.63) is 0 Å². The molecule has 1 aliphatic rings. The summed E-state index contributed by atoms with van der Waals surface area (Å²) < 4.78 is 29.1. The largest absolute Gasteiger partial charge is 0.388 e. The number of sulfonamides is 1. The minimum absolute atomic E-state index is 0.124. The van der Waals surface area contributed by atoms with Gasteiger partial charge in [0.1, 0.15) is 0 Å². The molecule has 0 aromatic rings. The minimum Gasteiger partial charge on any atom is -0.388 e. The third-order valence-electron chi connectivity index (χ3n) is 3.78. The summed E-state index contributed by atoms with van der Waals surface area (Å²) in [6.07, 6.45) is 2.65. The zero-order valence-electron chi connectivity index (χ0n) is 13.0. The standard InChI is InChI=1S/C13H26N2O5S/c1-13(17,6-9-20-2)10-14-12(16)11-4-7-15(8-5-11)21(3,18)19/h11,17H,4-10H2,1-3H3,(H,14,16). The molecule has 1 heterocycles. The van der Waals surface area contributed by atoms with Crippen LogP contribution in [0.25, 0.3) is 0 Å². The maximum absolute atomic E-state index is 12.1. The van der Waals surface area contributed by atoms with Crippen LogP contribution in [-0.2, 0) is 19.6 Å². The molecule has 1 unspecified atom stereocenters. The van der Waals surface area contributed by atoms with E-state index in [1.54, 1.807) is 14.0 Å².